The van der Waals surface area contributed by atoms with Crippen molar-refractivity contribution in [3.63, 3.8) is 0 Å². The summed E-state index contributed by atoms with van der Waals surface area (Å²) in [5, 5.41) is 3.03. The topological polar surface area (TPSA) is 81.0 Å². The number of likely N-dealkylation sites (tertiary alicyclic amines) is 1. The van der Waals surface area contributed by atoms with Crippen molar-refractivity contribution < 1.29 is 23.5 Å². The maximum Gasteiger partial charge on any atom is 0.257 e. The highest BCUT2D eigenvalue weighted by atomic mass is 16.5. The molecule has 7 nitrogen and oxygen atoms in total. The van der Waals surface area contributed by atoms with Crippen molar-refractivity contribution in [3.8, 4) is 11.5 Å². The lowest BCUT2D eigenvalue weighted by molar-refractivity contribution is 0.0697. The Balaban J connectivity index is 1.58. The van der Waals surface area contributed by atoms with Gasteiger partial charge in [0, 0.05) is 25.2 Å². The van der Waals surface area contributed by atoms with Gasteiger partial charge in [0.2, 0.25) is 0 Å². The van der Waals surface area contributed by atoms with Crippen molar-refractivity contribution in [2.24, 2.45) is 0 Å². The molecule has 26 heavy (non-hydrogen) atoms. The summed E-state index contributed by atoms with van der Waals surface area (Å²) >= 11 is 0. The zero-order valence-electron chi connectivity index (χ0n) is 14.9. The molecule has 138 valence electrons. The van der Waals surface area contributed by atoms with E-state index in [0.29, 0.717) is 48.6 Å². The lowest BCUT2D eigenvalue weighted by Gasteiger charge is -2.32. The van der Waals surface area contributed by atoms with E-state index in [1.54, 1.807) is 36.3 Å². The summed E-state index contributed by atoms with van der Waals surface area (Å²) < 4.78 is 15.4. The van der Waals surface area contributed by atoms with Crippen LogP contribution in [0.2, 0.25) is 0 Å². The quantitative estimate of drug-likeness (QED) is 0.887. The minimum absolute atomic E-state index is 0.0164. The van der Waals surface area contributed by atoms with Gasteiger partial charge in [0.05, 0.1) is 31.6 Å². The molecule has 1 aromatic heterocycles. The van der Waals surface area contributed by atoms with Crippen LogP contribution in [0.4, 0.5) is 0 Å². The lowest BCUT2D eigenvalue weighted by atomic mass is 10.0. The number of nitrogens with zero attached hydrogens (tertiary/aromatic N) is 1. The van der Waals surface area contributed by atoms with Crippen LogP contribution in [0.5, 0.6) is 11.5 Å². The molecule has 3 rings (SSSR count). The van der Waals surface area contributed by atoms with Gasteiger partial charge in [-0.05, 0) is 31.0 Å². The number of carbonyl (C=O) groups is 2. The Morgan fingerprint density at radius 1 is 1.15 bits per heavy atom. The number of benzene rings is 1. The van der Waals surface area contributed by atoms with Crippen LogP contribution in [0.3, 0.4) is 0 Å². The van der Waals surface area contributed by atoms with Crippen molar-refractivity contribution in [1.82, 2.24) is 10.2 Å². The Morgan fingerprint density at radius 2 is 1.92 bits per heavy atom. The normalized spacial score (nSPS) is 14.8. The standard InChI is InChI=1S/C19H22N2O5/c1-24-15-3-4-16(17(11-15)25-2)18(22)20-14-5-8-21(9-6-14)19(23)13-7-10-26-12-13/h3-4,7,10-12,14H,5-6,8-9H2,1-2H3,(H,20,22). The van der Waals surface area contributed by atoms with E-state index in [2.05, 4.69) is 5.32 Å². The second-order valence-corrected chi connectivity index (χ2v) is 6.12. The van der Waals surface area contributed by atoms with Crippen LogP contribution >= 0.6 is 0 Å². The molecule has 2 amide bonds. The summed E-state index contributed by atoms with van der Waals surface area (Å²) in [6, 6.07) is 6.77. The fraction of sp³-hybridized carbons (Fsp3) is 0.368. The number of hydrogen-bond acceptors (Lipinski definition) is 5. The summed E-state index contributed by atoms with van der Waals surface area (Å²) in [5.41, 5.74) is 1.01. The highest BCUT2D eigenvalue weighted by molar-refractivity contribution is 5.97. The number of amides is 2. The largest absolute Gasteiger partial charge is 0.497 e. The average Bonchev–Trinajstić information content (AvgIpc) is 3.22. The number of furan rings is 1. The smallest absolute Gasteiger partial charge is 0.257 e. The number of hydrogen-bond donors (Lipinski definition) is 1. The van der Waals surface area contributed by atoms with Crippen LogP contribution in [0.1, 0.15) is 33.6 Å². The molecule has 0 saturated carbocycles. The SMILES string of the molecule is COc1ccc(C(=O)NC2CCN(C(=O)c3ccoc3)CC2)c(OC)c1. The highest BCUT2D eigenvalue weighted by Gasteiger charge is 2.26. The van der Waals surface area contributed by atoms with Crippen LogP contribution in [0.15, 0.2) is 41.2 Å². The van der Waals surface area contributed by atoms with Gasteiger partial charge in [-0.1, -0.05) is 0 Å². The fourth-order valence-corrected chi connectivity index (χ4v) is 3.04. The van der Waals surface area contributed by atoms with Crippen molar-refractivity contribution in [3.05, 3.63) is 47.9 Å². The molecular weight excluding hydrogens is 336 g/mol. The summed E-state index contributed by atoms with van der Waals surface area (Å²) in [4.78, 5) is 26.7. The molecule has 0 spiro atoms. The van der Waals surface area contributed by atoms with Gasteiger partial charge in [-0.15, -0.1) is 0 Å². The van der Waals surface area contributed by atoms with Gasteiger partial charge in [-0.2, -0.15) is 0 Å². The second-order valence-electron chi connectivity index (χ2n) is 6.12. The maximum absolute atomic E-state index is 12.6. The molecule has 0 atom stereocenters. The van der Waals surface area contributed by atoms with E-state index in [9.17, 15) is 9.59 Å². The third kappa shape index (κ3) is 3.82. The van der Waals surface area contributed by atoms with Crippen molar-refractivity contribution >= 4 is 11.8 Å². The van der Waals surface area contributed by atoms with Gasteiger partial charge in [-0.25, -0.2) is 0 Å². The van der Waals surface area contributed by atoms with Gasteiger partial charge in [0.25, 0.3) is 11.8 Å². The Morgan fingerprint density at radius 3 is 2.54 bits per heavy atom. The average molecular weight is 358 g/mol. The van der Waals surface area contributed by atoms with E-state index in [0.717, 1.165) is 0 Å². The van der Waals surface area contributed by atoms with Crippen molar-refractivity contribution in [2.75, 3.05) is 27.3 Å². The van der Waals surface area contributed by atoms with Gasteiger partial charge in [-0.3, -0.25) is 9.59 Å². The Labute approximate surface area is 151 Å². The highest BCUT2D eigenvalue weighted by Crippen LogP contribution is 2.25. The minimum Gasteiger partial charge on any atom is -0.497 e. The number of nitrogens with one attached hydrogen (secondary N) is 1. The summed E-state index contributed by atoms with van der Waals surface area (Å²) in [5.74, 6) is 0.864. The molecule has 2 aromatic rings. The Bertz CT molecular complexity index is 764. The first-order valence-corrected chi connectivity index (χ1v) is 8.46. The number of ether oxygens (including phenoxy) is 2. The lowest BCUT2D eigenvalue weighted by Crippen LogP contribution is -2.46. The number of piperidine rings is 1. The Kier molecular flexibility index (Phi) is 5.46. The van der Waals surface area contributed by atoms with E-state index >= 15 is 0 Å². The first-order chi connectivity index (χ1) is 12.6. The molecule has 1 fully saturated rings. The van der Waals surface area contributed by atoms with Gasteiger partial charge < -0.3 is 24.1 Å². The third-order valence-electron chi connectivity index (χ3n) is 4.54. The van der Waals surface area contributed by atoms with Crippen molar-refractivity contribution in [2.45, 2.75) is 18.9 Å². The molecule has 7 heteroatoms. The van der Waals surface area contributed by atoms with E-state index in [1.165, 1.54) is 19.6 Å². The maximum atomic E-state index is 12.6. The predicted octanol–water partition coefficient (Wildman–Crippen LogP) is 2.33. The minimum atomic E-state index is -0.191. The molecule has 0 unspecified atom stereocenters. The van der Waals surface area contributed by atoms with E-state index in [1.807, 2.05) is 0 Å². The molecular formula is C19H22N2O5. The summed E-state index contributed by atoms with van der Waals surface area (Å²) in [6.45, 7) is 1.18. The van der Waals surface area contributed by atoms with Crippen LogP contribution in [0, 0.1) is 0 Å². The van der Waals surface area contributed by atoms with Crippen LogP contribution in [-0.2, 0) is 0 Å². The van der Waals surface area contributed by atoms with E-state index in [4.69, 9.17) is 13.9 Å². The monoisotopic (exact) mass is 358 g/mol. The first kappa shape index (κ1) is 17.8. The number of carbonyl (C=O) groups excluding carboxylic acids is 2. The molecule has 1 N–H and O–H groups in total. The van der Waals surface area contributed by atoms with Gasteiger partial charge in [0.15, 0.2) is 0 Å². The van der Waals surface area contributed by atoms with Crippen LogP contribution in [0.25, 0.3) is 0 Å². The van der Waals surface area contributed by atoms with Crippen molar-refractivity contribution in [1.29, 1.82) is 0 Å². The number of methoxy groups -OCH3 is 2. The van der Waals surface area contributed by atoms with Crippen LogP contribution < -0.4 is 14.8 Å². The molecule has 1 aliphatic heterocycles. The third-order valence-corrected chi connectivity index (χ3v) is 4.54. The Hall–Kier alpha value is -2.96. The molecule has 0 radical (unpaired) electrons. The fourth-order valence-electron chi connectivity index (χ4n) is 3.04. The summed E-state index contributed by atoms with van der Waals surface area (Å²) in [7, 11) is 3.08. The zero-order valence-corrected chi connectivity index (χ0v) is 14.9. The molecule has 2 heterocycles. The molecule has 0 bridgehead atoms. The predicted molar refractivity (Wildman–Crippen MR) is 94.6 cm³/mol. The van der Waals surface area contributed by atoms with Gasteiger partial charge in [0.1, 0.15) is 17.8 Å². The molecule has 0 aliphatic carbocycles. The van der Waals surface area contributed by atoms with E-state index in [-0.39, 0.29) is 17.9 Å². The van der Waals surface area contributed by atoms with Gasteiger partial charge >= 0.3 is 0 Å². The summed E-state index contributed by atoms with van der Waals surface area (Å²) in [6.07, 6.45) is 4.34. The molecule has 1 aliphatic rings. The zero-order chi connectivity index (χ0) is 18.5. The molecule has 1 saturated heterocycles. The van der Waals surface area contributed by atoms with Crippen LogP contribution in [-0.4, -0.2) is 50.1 Å². The number of rotatable bonds is 5. The van der Waals surface area contributed by atoms with E-state index < -0.39 is 0 Å². The molecule has 1 aromatic carbocycles. The first-order valence-electron chi connectivity index (χ1n) is 8.46. The second kappa shape index (κ2) is 7.95.